The summed E-state index contributed by atoms with van der Waals surface area (Å²) in [5, 5.41) is 0. The Morgan fingerprint density at radius 1 is 1.33 bits per heavy atom. The number of hydrogen-bond acceptors (Lipinski definition) is 3. The van der Waals surface area contributed by atoms with E-state index in [1.165, 1.54) is 19.4 Å². The molecule has 0 spiro atoms. The van der Waals surface area contributed by atoms with Crippen LogP contribution in [0, 0.1) is 12.8 Å². The summed E-state index contributed by atoms with van der Waals surface area (Å²) < 4.78 is 0. The Kier molecular flexibility index (Phi) is 3.20. The molecular weight excluding hydrogens is 226 g/mol. The maximum atomic E-state index is 11.5. The average molecular weight is 247 g/mol. The van der Waals surface area contributed by atoms with Crippen molar-refractivity contribution in [3.05, 3.63) is 27.9 Å². The van der Waals surface area contributed by atoms with E-state index in [0.717, 1.165) is 43.4 Å². The molecule has 1 saturated heterocycles. The number of nitrogens with zero attached hydrogens (tertiary/aromatic N) is 2. The van der Waals surface area contributed by atoms with Gasteiger partial charge in [0.05, 0.1) is 5.69 Å². The summed E-state index contributed by atoms with van der Waals surface area (Å²) in [6.07, 6.45) is 5.13. The summed E-state index contributed by atoms with van der Waals surface area (Å²) in [7, 11) is 0. The number of nitrogens with one attached hydrogen (secondary N) is 1. The Hall–Kier alpha value is -1.16. The van der Waals surface area contributed by atoms with Gasteiger partial charge in [0, 0.05) is 18.5 Å². The van der Waals surface area contributed by atoms with Gasteiger partial charge in [0.1, 0.15) is 5.82 Å². The number of aromatic nitrogens is 2. The Morgan fingerprint density at radius 2 is 2.06 bits per heavy atom. The lowest BCUT2D eigenvalue weighted by molar-refractivity contribution is 0.203. The van der Waals surface area contributed by atoms with Crippen LogP contribution in [0.3, 0.4) is 0 Å². The van der Waals surface area contributed by atoms with Crippen LogP contribution in [0.4, 0.5) is 0 Å². The first-order valence-electron chi connectivity index (χ1n) is 7.01. The van der Waals surface area contributed by atoms with E-state index in [4.69, 9.17) is 0 Å². The highest BCUT2D eigenvalue weighted by Gasteiger charge is 2.27. The van der Waals surface area contributed by atoms with Gasteiger partial charge >= 0.3 is 0 Å². The van der Waals surface area contributed by atoms with Crippen LogP contribution < -0.4 is 5.56 Å². The summed E-state index contributed by atoms with van der Waals surface area (Å²) in [6, 6.07) is 1.67. The third-order valence-electron chi connectivity index (χ3n) is 4.10. The fourth-order valence-electron chi connectivity index (χ4n) is 2.89. The molecule has 4 nitrogen and oxygen atoms in total. The van der Waals surface area contributed by atoms with Crippen molar-refractivity contribution in [3.63, 3.8) is 0 Å². The number of rotatable bonds is 3. The second kappa shape index (κ2) is 4.84. The third kappa shape index (κ3) is 2.80. The summed E-state index contributed by atoms with van der Waals surface area (Å²) in [4.78, 5) is 21.2. The predicted molar refractivity (Wildman–Crippen MR) is 70.7 cm³/mol. The minimum Gasteiger partial charge on any atom is -0.311 e. The summed E-state index contributed by atoms with van der Waals surface area (Å²) >= 11 is 0. The number of aryl methyl sites for hydroxylation is 1. The van der Waals surface area contributed by atoms with Crippen LogP contribution in [0.25, 0.3) is 0 Å². The van der Waals surface area contributed by atoms with Crippen molar-refractivity contribution >= 4 is 0 Å². The number of likely N-dealkylation sites (tertiary alicyclic amines) is 1. The highest BCUT2D eigenvalue weighted by atomic mass is 16.1. The molecule has 0 atom stereocenters. The van der Waals surface area contributed by atoms with Crippen molar-refractivity contribution in [1.29, 1.82) is 0 Å². The van der Waals surface area contributed by atoms with Gasteiger partial charge < -0.3 is 9.88 Å². The van der Waals surface area contributed by atoms with Gasteiger partial charge in [0.2, 0.25) is 0 Å². The number of hydrogen-bond donors (Lipinski definition) is 1. The maximum absolute atomic E-state index is 11.5. The van der Waals surface area contributed by atoms with Gasteiger partial charge in [0.25, 0.3) is 5.56 Å². The zero-order valence-electron chi connectivity index (χ0n) is 11.0. The van der Waals surface area contributed by atoms with Gasteiger partial charge in [-0.3, -0.25) is 4.79 Å². The molecule has 2 fully saturated rings. The van der Waals surface area contributed by atoms with Crippen molar-refractivity contribution in [2.24, 2.45) is 5.92 Å². The van der Waals surface area contributed by atoms with E-state index in [2.05, 4.69) is 14.9 Å². The van der Waals surface area contributed by atoms with Crippen molar-refractivity contribution in [2.75, 3.05) is 19.6 Å². The highest BCUT2D eigenvalue weighted by molar-refractivity contribution is 5.09. The van der Waals surface area contributed by atoms with Crippen molar-refractivity contribution in [1.82, 2.24) is 14.9 Å². The normalized spacial score (nSPS) is 22.3. The van der Waals surface area contributed by atoms with E-state index >= 15 is 0 Å². The van der Waals surface area contributed by atoms with E-state index in [9.17, 15) is 4.79 Å². The molecule has 1 aromatic heterocycles. The van der Waals surface area contributed by atoms with Gasteiger partial charge in [-0.2, -0.15) is 0 Å². The molecule has 0 unspecified atom stereocenters. The van der Waals surface area contributed by atoms with Crippen LogP contribution in [0.2, 0.25) is 0 Å². The van der Waals surface area contributed by atoms with Gasteiger partial charge in [-0.25, -0.2) is 4.98 Å². The van der Waals surface area contributed by atoms with Crippen LogP contribution in [0.15, 0.2) is 10.9 Å². The minimum absolute atomic E-state index is 0.0158. The fourth-order valence-corrected chi connectivity index (χ4v) is 2.89. The van der Waals surface area contributed by atoms with E-state index in [-0.39, 0.29) is 5.56 Å². The molecule has 2 heterocycles. The molecule has 4 heteroatoms. The van der Waals surface area contributed by atoms with Crippen molar-refractivity contribution < 1.29 is 0 Å². The van der Waals surface area contributed by atoms with Crippen LogP contribution in [-0.4, -0.2) is 34.5 Å². The second-order valence-corrected chi connectivity index (χ2v) is 5.77. The first-order chi connectivity index (χ1) is 8.70. The topological polar surface area (TPSA) is 49.0 Å². The predicted octanol–water partition coefficient (Wildman–Crippen LogP) is 1.67. The molecule has 1 N–H and O–H groups in total. The van der Waals surface area contributed by atoms with Gasteiger partial charge in [-0.1, -0.05) is 0 Å². The lowest BCUT2D eigenvalue weighted by Gasteiger charge is -2.31. The molecular formula is C14H21N3O. The Bertz CT molecular complexity index is 470. The number of piperidine rings is 1. The molecule has 3 rings (SSSR count). The molecule has 18 heavy (non-hydrogen) atoms. The lowest BCUT2D eigenvalue weighted by atomic mass is 9.93. The first-order valence-corrected chi connectivity index (χ1v) is 7.01. The van der Waals surface area contributed by atoms with E-state index in [0.29, 0.717) is 5.92 Å². The highest BCUT2D eigenvalue weighted by Crippen LogP contribution is 2.32. The smallest absolute Gasteiger partial charge is 0.251 e. The molecule has 0 aromatic carbocycles. The average Bonchev–Trinajstić information content (AvgIpc) is 3.12. The first kappa shape index (κ1) is 11.9. The largest absolute Gasteiger partial charge is 0.311 e. The van der Waals surface area contributed by atoms with Crippen molar-refractivity contribution in [2.45, 2.75) is 38.5 Å². The Balaban J connectivity index is 1.62. The minimum atomic E-state index is -0.0158. The summed E-state index contributed by atoms with van der Waals surface area (Å²) in [5.41, 5.74) is 0.972. The number of H-pyrrole nitrogens is 1. The van der Waals surface area contributed by atoms with Gasteiger partial charge in [-0.15, -0.1) is 0 Å². The second-order valence-electron chi connectivity index (χ2n) is 5.77. The molecule has 1 aliphatic heterocycles. The van der Waals surface area contributed by atoms with Crippen molar-refractivity contribution in [3.8, 4) is 0 Å². The molecule has 1 saturated carbocycles. The Morgan fingerprint density at radius 3 is 2.67 bits per heavy atom. The monoisotopic (exact) mass is 247 g/mol. The standard InChI is InChI=1S/C14H21N3O/c1-10-15-13(8-14(18)16-10)12-4-6-17(7-5-12)9-11-2-3-11/h8,11-12H,2-7,9H2,1H3,(H,15,16,18). The molecule has 2 aliphatic rings. The zero-order valence-corrected chi connectivity index (χ0v) is 11.0. The van der Waals surface area contributed by atoms with Crippen LogP contribution in [0.1, 0.15) is 43.1 Å². The molecule has 1 aliphatic carbocycles. The molecule has 1 aromatic rings. The van der Waals surface area contributed by atoms with Crippen LogP contribution >= 0.6 is 0 Å². The molecule has 0 bridgehead atoms. The lowest BCUT2D eigenvalue weighted by Crippen LogP contribution is -2.35. The summed E-state index contributed by atoms with van der Waals surface area (Å²) in [5.74, 6) is 2.18. The zero-order chi connectivity index (χ0) is 12.5. The quantitative estimate of drug-likeness (QED) is 0.884. The molecule has 0 amide bonds. The van der Waals surface area contributed by atoms with Crippen LogP contribution in [-0.2, 0) is 0 Å². The van der Waals surface area contributed by atoms with E-state index < -0.39 is 0 Å². The summed E-state index contributed by atoms with van der Waals surface area (Å²) in [6.45, 7) is 5.46. The van der Waals surface area contributed by atoms with E-state index in [1.54, 1.807) is 6.07 Å². The number of aromatic amines is 1. The van der Waals surface area contributed by atoms with Crippen LogP contribution in [0.5, 0.6) is 0 Å². The fraction of sp³-hybridized carbons (Fsp3) is 0.714. The van der Waals surface area contributed by atoms with E-state index in [1.807, 2.05) is 6.92 Å². The maximum Gasteiger partial charge on any atom is 0.251 e. The Labute approximate surface area is 107 Å². The molecule has 98 valence electrons. The van der Waals surface area contributed by atoms with Gasteiger partial charge in [0.15, 0.2) is 0 Å². The SMILES string of the molecule is Cc1nc(C2CCN(CC3CC3)CC2)cc(=O)[nH]1. The third-order valence-corrected chi connectivity index (χ3v) is 4.10. The molecule has 0 radical (unpaired) electrons. The van der Waals surface area contributed by atoms with Gasteiger partial charge in [-0.05, 0) is 51.6 Å².